The van der Waals surface area contributed by atoms with Gasteiger partial charge in [0.2, 0.25) is 0 Å². The molecule has 8 heteroatoms. The maximum Gasteiger partial charge on any atom is 0.255 e. The van der Waals surface area contributed by atoms with Gasteiger partial charge in [0.25, 0.3) is 11.8 Å². The van der Waals surface area contributed by atoms with E-state index in [-0.39, 0.29) is 11.8 Å². The molecule has 5 rings (SSSR count). The molecule has 0 atom stereocenters. The van der Waals surface area contributed by atoms with Crippen LogP contribution in [0.15, 0.2) is 42.6 Å². The minimum Gasteiger partial charge on any atom is -0.380 e. The zero-order chi connectivity index (χ0) is 21.8. The summed E-state index contributed by atoms with van der Waals surface area (Å²) in [5, 5.41) is 15.9. The van der Waals surface area contributed by atoms with Crippen molar-refractivity contribution in [1.29, 1.82) is 0 Å². The molecule has 1 N–H and O–H groups in total. The van der Waals surface area contributed by atoms with Crippen molar-refractivity contribution in [2.24, 2.45) is 7.05 Å². The number of nitrogens with zero attached hydrogens (tertiary/aromatic N) is 4. The van der Waals surface area contributed by atoms with Crippen LogP contribution < -0.4 is 0 Å². The molecule has 0 radical (unpaired) electrons. The van der Waals surface area contributed by atoms with E-state index in [9.17, 15) is 14.7 Å². The van der Waals surface area contributed by atoms with E-state index in [1.165, 1.54) is 0 Å². The number of carbonyl (C=O) groups excluding carboxylic acids is 2. The second-order valence-electron chi connectivity index (χ2n) is 8.39. The number of rotatable bonds is 3. The molecule has 1 saturated carbocycles. The van der Waals surface area contributed by atoms with Crippen LogP contribution in [0.25, 0.3) is 22.0 Å². The van der Waals surface area contributed by atoms with Gasteiger partial charge in [-0.3, -0.25) is 14.3 Å². The summed E-state index contributed by atoms with van der Waals surface area (Å²) in [6, 6.07) is 11.5. The molecule has 1 aliphatic carbocycles. The monoisotopic (exact) mass is 438 g/mol. The molecule has 7 nitrogen and oxygen atoms in total. The van der Waals surface area contributed by atoms with Crippen molar-refractivity contribution in [2.75, 3.05) is 26.2 Å². The van der Waals surface area contributed by atoms with Gasteiger partial charge in [-0.2, -0.15) is 5.10 Å². The SMILES string of the molecule is Cn1cc2ccc(-c3ccc(C(=O)N4CCN(C(=O)C5(O)CC5)CC4)c(Cl)c3)cc2n1. The number of carbonyl (C=O) groups is 2. The van der Waals surface area contributed by atoms with Gasteiger partial charge in [-0.05, 0) is 42.2 Å². The van der Waals surface area contributed by atoms with Gasteiger partial charge in [-0.1, -0.05) is 29.8 Å². The Morgan fingerprint density at radius 2 is 1.65 bits per heavy atom. The third-order valence-corrected chi connectivity index (χ3v) is 6.44. The van der Waals surface area contributed by atoms with Gasteiger partial charge in [0.05, 0.1) is 16.1 Å². The molecule has 0 spiro atoms. The molecular weight excluding hydrogens is 416 g/mol. The molecule has 3 aromatic rings. The molecule has 160 valence electrons. The molecule has 1 saturated heterocycles. The predicted molar refractivity (Wildman–Crippen MR) is 118 cm³/mol. The number of amides is 2. The summed E-state index contributed by atoms with van der Waals surface area (Å²) in [7, 11) is 1.89. The fourth-order valence-corrected chi connectivity index (χ4v) is 4.36. The van der Waals surface area contributed by atoms with E-state index in [1.807, 2.05) is 37.5 Å². The van der Waals surface area contributed by atoms with E-state index in [0.717, 1.165) is 22.0 Å². The highest BCUT2D eigenvalue weighted by Gasteiger charge is 2.50. The van der Waals surface area contributed by atoms with Gasteiger partial charge in [-0.15, -0.1) is 0 Å². The number of aliphatic hydroxyl groups is 1. The molecule has 1 aliphatic heterocycles. The molecule has 2 heterocycles. The van der Waals surface area contributed by atoms with Crippen molar-refractivity contribution in [3.63, 3.8) is 0 Å². The predicted octanol–water partition coefficient (Wildman–Crippen LogP) is 2.70. The first-order valence-corrected chi connectivity index (χ1v) is 10.8. The lowest BCUT2D eigenvalue weighted by molar-refractivity contribution is -0.143. The molecule has 0 unspecified atom stereocenters. The van der Waals surface area contributed by atoms with E-state index >= 15 is 0 Å². The van der Waals surface area contributed by atoms with Crippen LogP contribution in [0, 0.1) is 0 Å². The summed E-state index contributed by atoms with van der Waals surface area (Å²) in [6.07, 6.45) is 3.02. The average Bonchev–Trinajstić information content (AvgIpc) is 3.41. The number of hydrogen-bond acceptors (Lipinski definition) is 4. The first-order chi connectivity index (χ1) is 14.8. The zero-order valence-electron chi connectivity index (χ0n) is 17.2. The summed E-state index contributed by atoms with van der Waals surface area (Å²) in [5.74, 6) is -0.360. The Bertz CT molecular complexity index is 1190. The summed E-state index contributed by atoms with van der Waals surface area (Å²) < 4.78 is 1.78. The maximum atomic E-state index is 13.0. The topological polar surface area (TPSA) is 78.7 Å². The van der Waals surface area contributed by atoms with Crippen molar-refractivity contribution in [3.05, 3.63) is 53.2 Å². The molecule has 31 heavy (non-hydrogen) atoms. The van der Waals surface area contributed by atoms with Crippen LogP contribution in [-0.2, 0) is 11.8 Å². The van der Waals surface area contributed by atoms with Gasteiger partial charge in [0.15, 0.2) is 0 Å². The third kappa shape index (κ3) is 3.68. The summed E-state index contributed by atoms with van der Waals surface area (Å²) >= 11 is 6.50. The largest absolute Gasteiger partial charge is 0.380 e. The van der Waals surface area contributed by atoms with Gasteiger partial charge in [0, 0.05) is 44.8 Å². The van der Waals surface area contributed by atoms with Crippen LogP contribution in [0.1, 0.15) is 23.2 Å². The van der Waals surface area contributed by atoms with Crippen molar-refractivity contribution < 1.29 is 14.7 Å². The standard InChI is InChI=1S/C23H23ClN4O3/c1-26-14-17-3-2-16(13-20(17)25-26)15-4-5-18(19(24)12-15)21(29)27-8-10-28(11-9-27)22(30)23(31)6-7-23/h2-5,12-14,31H,6-11H2,1H3. The van der Waals surface area contributed by atoms with E-state index < -0.39 is 5.60 Å². The minimum atomic E-state index is -1.16. The number of aryl methyl sites for hydroxylation is 1. The highest BCUT2D eigenvalue weighted by molar-refractivity contribution is 6.34. The van der Waals surface area contributed by atoms with Crippen LogP contribution in [0.4, 0.5) is 0 Å². The van der Waals surface area contributed by atoms with Crippen LogP contribution >= 0.6 is 11.6 Å². The smallest absolute Gasteiger partial charge is 0.255 e. The number of hydrogen-bond donors (Lipinski definition) is 1. The molecule has 2 aromatic carbocycles. The maximum absolute atomic E-state index is 13.0. The van der Waals surface area contributed by atoms with Gasteiger partial charge >= 0.3 is 0 Å². The molecule has 2 fully saturated rings. The lowest BCUT2D eigenvalue weighted by atomic mass is 10.0. The second kappa shape index (κ2) is 7.35. The number of aromatic nitrogens is 2. The summed E-state index contributed by atoms with van der Waals surface area (Å²) in [6.45, 7) is 1.70. The lowest BCUT2D eigenvalue weighted by Crippen LogP contribution is -2.53. The van der Waals surface area contributed by atoms with Crippen LogP contribution in [0.2, 0.25) is 5.02 Å². The Kier molecular flexibility index (Phi) is 4.75. The number of benzene rings is 2. The molecular formula is C23H23ClN4O3. The second-order valence-corrected chi connectivity index (χ2v) is 8.79. The summed E-state index contributed by atoms with van der Waals surface area (Å²) in [5.41, 5.74) is 2.09. The number of halogens is 1. The highest BCUT2D eigenvalue weighted by atomic mass is 35.5. The van der Waals surface area contributed by atoms with Crippen molar-refractivity contribution in [1.82, 2.24) is 19.6 Å². The van der Waals surface area contributed by atoms with Crippen molar-refractivity contribution in [2.45, 2.75) is 18.4 Å². The number of fused-ring (bicyclic) bond motifs is 1. The third-order valence-electron chi connectivity index (χ3n) is 6.13. The van der Waals surface area contributed by atoms with Gasteiger partial charge < -0.3 is 14.9 Å². The minimum absolute atomic E-state index is 0.144. The summed E-state index contributed by atoms with van der Waals surface area (Å²) in [4.78, 5) is 28.6. The zero-order valence-corrected chi connectivity index (χ0v) is 18.0. The van der Waals surface area contributed by atoms with Crippen molar-refractivity contribution in [3.8, 4) is 11.1 Å². The first kappa shape index (κ1) is 20.0. The van der Waals surface area contributed by atoms with E-state index in [1.54, 1.807) is 26.6 Å². The molecule has 0 bridgehead atoms. The fraction of sp³-hybridized carbons (Fsp3) is 0.348. The first-order valence-electron chi connectivity index (χ1n) is 10.4. The van der Waals surface area contributed by atoms with Gasteiger partial charge in [0.1, 0.15) is 5.60 Å². The number of piperazine rings is 1. The van der Waals surface area contributed by atoms with E-state index in [4.69, 9.17) is 11.6 Å². The fourth-order valence-electron chi connectivity index (χ4n) is 4.10. The quantitative estimate of drug-likeness (QED) is 0.682. The Morgan fingerprint density at radius 3 is 2.32 bits per heavy atom. The molecule has 2 amide bonds. The van der Waals surface area contributed by atoms with Crippen LogP contribution in [0.3, 0.4) is 0 Å². The normalized spacial score (nSPS) is 17.8. The van der Waals surface area contributed by atoms with Crippen LogP contribution in [0.5, 0.6) is 0 Å². The van der Waals surface area contributed by atoms with E-state index in [0.29, 0.717) is 49.6 Å². The molecule has 2 aliphatic rings. The average molecular weight is 439 g/mol. The van der Waals surface area contributed by atoms with E-state index in [2.05, 4.69) is 5.10 Å². The Morgan fingerprint density at radius 1 is 1.00 bits per heavy atom. The highest BCUT2D eigenvalue weighted by Crippen LogP contribution is 2.37. The molecule has 1 aromatic heterocycles. The van der Waals surface area contributed by atoms with Crippen molar-refractivity contribution >= 4 is 34.3 Å². The van der Waals surface area contributed by atoms with Crippen LogP contribution in [-0.4, -0.2) is 68.3 Å². The Hall–Kier alpha value is -2.90. The Balaban J connectivity index is 1.30. The lowest BCUT2D eigenvalue weighted by Gasteiger charge is -2.36. The van der Waals surface area contributed by atoms with Gasteiger partial charge in [-0.25, -0.2) is 0 Å². The Labute approximate surface area is 184 Å².